The number of oxime groups is 1. The van der Waals surface area contributed by atoms with Crippen molar-refractivity contribution in [1.29, 1.82) is 0 Å². The van der Waals surface area contributed by atoms with E-state index in [1.807, 2.05) is 12.2 Å². The highest BCUT2D eigenvalue weighted by atomic mass is 19.1. The molecule has 152 valence electrons. The van der Waals surface area contributed by atoms with Gasteiger partial charge in [0.15, 0.2) is 0 Å². The normalized spacial score (nSPS) is 21.1. The molecule has 2 N–H and O–H groups in total. The Morgan fingerprint density at radius 3 is 2.71 bits per heavy atom. The molecule has 1 aliphatic carbocycles. The summed E-state index contributed by atoms with van der Waals surface area (Å²) in [5.41, 5.74) is 0.806. The van der Waals surface area contributed by atoms with Gasteiger partial charge >= 0.3 is 5.97 Å². The molecule has 1 fully saturated rings. The van der Waals surface area contributed by atoms with Crippen molar-refractivity contribution in [2.24, 2.45) is 17.0 Å². The van der Waals surface area contributed by atoms with Gasteiger partial charge < -0.3 is 15.1 Å². The van der Waals surface area contributed by atoms with E-state index in [0.717, 1.165) is 31.4 Å². The summed E-state index contributed by atoms with van der Waals surface area (Å²) in [5.74, 6) is 0.0856. The van der Waals surface area contributed by atoms with Crippen molar-refractivity contribution in [3.63, 3.8) is 0 Å². The fourth-order valence-electron chi connectivity index (χ4n) is 3.38. The summed E-state index contributed by atoms with van der Waals surface area (Å²) in [6.07, 6.45) is 13.2. The molecule has 5 nitrogen and oxygen atoms in total. The Hall–Kier alpha value is -2.63. The van der Waals surface area contributed by atoms with Crippen LogP contribution in [0.4, 0.5) is 4.39 Å². The van der Waals surface area contributed by atoms with Gasteiger partial charge in [-0.05, 0) is 68.7 Å². The SMILES string of the molecule is O=C(O)CCC/C=C\C[C@H]1CC/C(=N/O)[C@@H]1/C=C/CCOc1ccc(F)cc1. The van der Waals surface area contributed by atoms with E-state index in [-0.39, 0.29) is 18.2 Å². The zero-order chi connectivity index (χ0) is 20.2. The minimum absolute atomic E-state index is 0.111. The smallest absolute Gasteiger partial charge is 0.303 e. The van der Waals surface area contributed by atoms with Gasteiger partial charge in [0.1, 0.15) is 11.6 Å². The van der Waals surface area contributed by atoms with Crippen molar-refractivity contribution in [2.75, 3.05) is 6.61 Å². The largest absolute Gasteiger partial charge is 0.493 e. The number of carboxylic acid groups (broad SMARTS) is 1. The summed E-state index contributed by atoms with van der Waals surface area (Å²) in [6.45, 7) is 0.495. The number of hydrogen-bond acceptors (Lipinski definition) is 4. The van der Waals surface area contributed by atoms with Crippen LogP contribution in [-0.2, 0) is 4.79 Å². The monoisotopic (exact) mass is 389 g/mol. The quantitative estimate of drug-likeness (QED) is 0.236. The molecule has 1 aliphatic rings. The molecular weight excluding hydrogens is 361 g/mol. The van der Waals surface area contributed by atoms with Crippen molar-refractivity contribution in [2.45, 2.75) is 44.9 Å². The number of rotatable bonds is 11. The highest BCUT2D eigenvalue weighted by molar-refractivity contribution is 5.90. The number of nitrogens with zero attached hydrogens (tertiary/aromatic N) is 1. The second-order valence-electron chi connectivity index (χ2n) is 6.93. The first-order valence-electron chi connectivity index (χ1n) is 9.72. The summed E-state index contributed by atoms with van der Waals surface area (Å²) >= 11 is 0. The predicted octanol–water partition coefficient (Wildman–Crippen LogP) is 5.21. The summed E-state index contributed by atoms with van der Waals surface area (Å²) in [6, 6.07) is 5.94. The number of unbranched alkanes of at least 4 members (excludes halogenated alkanes) is 1. The molecule has 1 aromatic rings. The molecule has 28 heavy (non-hydrogen) atoms. The zero-order valence-electron chi connectivity index (χ0n) is 16.0. The van der Waals surface area contributed by atoms with Crippen molar-refractivity contribution in [3.05, 3.63) is 54.4 Å². The highest BCUT2D eigenvalue weighted by Crippen LogP contribution is 2.33. The maximum absolute atomic E-state index is 12.9. The molecule has 0 unspecified atom stereocenters. The third-order valence-corrected chi connectivity index (χ3v) is 4.87. The molecule has 2 rings (SSSR count). The molecule has 0 spiro atoms. The van der Waals surface area contributed by atoms with E-state index in [1.54, 1.807) is 12.1 Å². The Morgan fingerprint density at radius 1 is 1.21 bits per heavy atom. The zero-order valence-corrected chi connectivity index (χ0v) is 16.0. The van der Waals surface area contributed by atoms with Crippen LogP contribution in [0.3, 0.4) is 0 Å². The summed E-state index contributed by atoms with van der Waals surface area (Å²) in [4.78, 5) is 10.5. The van der Waals surface area contributed by atoms with Crippen LogP contribution in [0.1, 0.15) is 44.9 Å². The van der Waals surface area contributed by atoms with E-state index in [0.29, 0.717) is 31.1 Å². The van der Waals surface area contributed by atoms with E-state index < -0.39 is 5.97 Å². The first-order valence-corrected chi connectivity index (χ1v) is 9.72. The van der Waals surface area contributed by atoms with Gasteiger partial charge in [0.05, 0.1) is 12.3 Å². The van der Waals surface area contributed by atoms with Crippen LogP contribution in [0.5, 0.6) is 5.75 Å². The molecule has 0 aliphatic heterocycles. The van der Waals surface area contributed by atoms with Crippen LogP contribution in [-0.4, -0.2) is 28.6 Å². The molecule has 1 aromatic carbocycles. The number of carboxylic acids is 1. The minimum Gasteiger partial charge on any atom is -0.493 e. The number of hydrogen-bond donors (Lipinski definition) is 2. The molecule has 0 bridgehead atoms. The number of allylic oxidation sites excluding steroid dienone is 3. The average molecular weight is 389 g/mol. The maximum atomic E-state index is 12.9. The Labute approximate surface area is 165 Å². The first-order chi connectivity index (χ1) is 13.6. The van der Waals surface area contributed by atoms with Gasteiger partial charge in [-0.15, -0.1) is 0 Å². The van der Waals surface area contributed by atoms with E-state index in [2.05, 4.69) is 17.3 Å². The Balaban J connectivity index is 1.75. The van der Waals surface area contributed by atoms with Gasteiger partial charge in [0, 0.05) is 12.3 Å². The molecule has 6 heteroatoms. The van der Waals surface area contributed by atoms with Crippen LogP contribution in [0.25, 0.3) is 0 Å². The lowest BCUT2D eigenvalue weighted by molar-refractivity contribution is -0.137. The van der Waals surface area contributed by atoms with Gasteiger partial charge in [0.25, 0.3) is 0 Å². The predicted molar refractivity (Wildman–Crippen MR) is 106 cm³/mol. The average Bonchev–Trinajstić information content (AvgIpc) is 3.07. The molecule has 1 saturated carbocycles. The highest BCUT2D eigenvalue weighted by Gasteiger charge is 2.30. The van der Waals surface area contributed by atoms with Crippen molar-refractivity contribution < 1.29 is 24.2 Å². The second-order valence-corrected chi connectivity index (χ2v) is 6.93. The van der Waals surface area contributed by atoms with Gasteiger partial charge in [-0.25, -0.2) is 4.39 Å². The Morgan fingerprint density at radius 2 is 2.00 bits per heavy atom. The van der Waals surface area contributed by atoms with Gasteiger partial charge in [-0.1, -0.05) is 29.5 Å². The van der Waals surface area contributed by atoms with E-state index >= 15 is 0 Å². The molecule has 0 saturated heterocycles. The number of benzene rings is 1. The topological polar surface area (TPSA) is 79.1 Å². The number of halogens is 1. The number of carbonyl (C=O) groups is 1. The lowest BCUT2D eigenvalue weighted by atomic mass is 9.91. The summed E-state index contributed by atoms with van der Waals surface area (Å²) in [5, 5.41) is 21.3. The maximum Gasteiger partial charge on any atom is 0.303 e. The van der Waals surface area contributed by atoms with Crippen LogP contribution >= 0.6 is 0 Å². The van der Waals surface area contributed by atoms with E-state index in [1.165, 1.54) is 12.1 Å². The fraction of sp³-hybridized carbons (Fsp3) is 0.455. The molecular formula is C22H28FNO4. The summed E-state index contributed by atoms with van der Waals surface area (Å²) < 4.78 is 18.4. The lowest BCUT2D eigenvalue weighted by Crippen LogP contribution is -2.12. The third kappa shape index (κ3) is 7.55. The van der Waals surface area contributed by atoms with Gasteiger partial charge in [-0.2, -0.15) is 0 Å². The number of aliphatic carboxylic acids is 1. The van der Waals surface area contributed by atoms with E-state index in [9.17, 15) is 14.4 Å². The summed E-state index contributed by atoms with van der Waals surface area (Å²) in [7, 11) is 0. The standard InChI is InChI=1S/C22H28FNO4/c23-18-11-13-19(14-12-18)28-16-6-5-8-20-17(10-15-21(20)24-27)7-3-1-2-4-9-22(25)26/h1,3,5,8,11-14,17,20,27H,2,4,6-7,9-10,15-16H2,(H,25,26)/b3-1-,8-5+,24-21-/t17-,20+/m0/s1. The van der Waals surface area contributed by atoms with Crippen molar-refractivity contribution in [1.82, 2.24) is 0 Å². The van der Waals surface area contributed by atoms with Crippen LogP contribution < -0.4 is 4.74 Å². The van der Waals surface area contributed by atoms with Crippen LogP contribution in [0, 0.1) is 17.7 Å². The van der Waals surface area contributed by atoms with Crippen LogP contribution in [0.2, 0.25) is 0 Å². The first kappa shape index (κ1) is 21.7. The van der Waals surface area contributed by atoms with Crippen molar-refractivity contribution in [3.8, 4) is 5.75 Å². The third-order valence-electron chi connectivity index (χ3n) is 4.87. The van der Waals surface area contributed by atoms with Gasteiger partial charge in [-0.3, -0.25) is 4.79 Å². The minimum atomic E-state index is -0.762. The Bertz CT molecular complexity index is 697. The molecule has 0 heterocycles. The molecule has 0 amide bonds. The molecule has 0 radical (unpaired) electrons. The number of ether oxygens (including phenoxy) is 1. The molecule has 2 atom stereocenters. The van der Waals surface area contributed by atoms with Crippen LogP contribution in [0.15, 0.2) is 53.7 Å². The molecule has 0 aromatic heterocycles. The fourth-order valence-corrected chi connectivity index (χ4v) is 3.38. The second kappa shape index (κ2) is 12.0. The van der Waals surface area contributed by atoms with Gasteiger partial charge in [0.2, 0.25) is 0 Å². The van der Waals surface area contributed by atoms with E-state index in [4.69, 9.17) is 9.84 Å². The Kier molecular flexibility index (Phi) is 9.25. The lowest BCUT2D eigenvalue weighted by Gasteiger charge is -2.14. The van der Waals surface area contributed by atoms with Crippen molar-refractivity contribution >= 4 is 11.7 Å².